The number of carbonyl (C=O) groups excluding carboxylic acids is 1. The van der Waals surface area contributed by atoms with Gasteiger partial charge in [-0.05, 0) is 42.3 Å². The number of aromatic nitrogens is 3. The van der Waals surface area contributed by atoms with Gasteiger partial charge in [0, 0.05) is 24.0 Å². The first-order valence-corrected chi connectivity index (χ1v) is 7.75. The number of methoxy groups -OCH3 is 1. The lowest BCUT2D eigenvalue weighted by atomic mass is 10.1. The van der Waals surface area contributed by atoms with E-state index in [0.29, 0.717) is 11.3 Å². The van der Waals surface area contributed by atoms with E-state index in [1.54, 1.807) is 36.7 Å². The highest BCUT2D eigenvalue weighted by atomic mass is 16.5. The molecule has 0 aliphatic heterocycles. The van der Waals surface area contributed by atoms with Gasteiger partial charge in [0.15, 0.2) is 0 Å². The third kappa shape index (κ3) is 3.63. The molecule has 3 rings (SSSR count). The van der Waals surface area contributed by atoms with Crippen molar-refractivity contribution in [1.82, 2.24) is 14.8 Å². The van der Waals surface area contributed by atoms with E-state index in [-0.39, 0.29) is 12.1 Å². The van der Waals surface area contributed by atoms with Crippen LogP contribution in [0.2, 0.25) is 0 Å². The standard InChI is InChI=1S/C19H17N3O3/c1-13-9-17(23)22(21-18(13)16-7-4-8-20-11-16)12-14-5-3-6-15(10-14)19(24)25-2/h3-11H,12H2,1-2H3. The molecule has 0 bridgehead atoms. The van der Waals surface area contributed by atoms with Crippen LogP contribution in [-0.4, -0.2) is 27.8 Å². The summed E-state index contributed by atoms with van der Waals surface area (Å²) >= 11 is 0. The summed E-state index contributed by atoms with van der Waals surface area (Å²) in [6.07, 6.45) is 3.40. The third-order valence-corrected chi connectivity index (χ3v) is 3.80. The van der Waals surface area contributed by atoms with Gasteiger partial charge in [0.25, 0.3) is 5.56 Å². The van der Waals surface area contributed by atoms with Gasteiger partial charge in [-0.3, -0.25) is 9.78 Å². The molecule has 0 atom stereocenters. The van der Waals surface area contributed by atoms with Crippen LogP contribution in [0.1, 0.15) is 21.5 Å². The molecule has 1 aromatic carbocycles. The molecule has 3 aromatic rings. The Kier molecular flexibility index (Phi) is 4.70. The lowest BCUT2D eigenvalue weighted by Gasteiger charge is -2.10. The van der Waals surface area contributed by atoms with Crippen LogP contribution in [0.5, 0.6) is 0 Å². The molecule has 25 heavy (non-hydrogen) atoms. The zero-order chi connectivity index (χ0) is 17.8. The lowest BCUT2D eigenvalue weighted by molar-refractivity contribution is 0.0600. The minimum Gasteiger partial charge on any atom is -0.465 e. The van der Waals surface area contributed by atoms with Crippen molar-refractivity contribution in [3.8, 4) is 11.3 Å². The Bertz CT molecular complexity index is 965. The van der Waals surface area contributed by atoms with Crippen molar-refractivity contribution in [2.45, 2.75) is 13.5 Å². The maximum Gasteiger partial charge on any atom is 0.337 e. The number of nitrogens with zero attached hydrogens (tertiary/aromatic N) is 3. The summed E-state index contributed by atoms with van der Waals surface area (Å²) in [5.74, 6) is -0.415. The first kappa shape index (κ1) is 16.6. The molecule has 6 heteroatoms. The van der Waals surface area contributed by atoms with Crippen molar-refractivity contribution < 1.29 is 9.53 Å². The molecule has 0 unspecified atom stereocenters. The van der Waals surface area contributed by atoms with Crippen molar-refractivity contribution in [2.24, 2.45) is 0 Å². The number of carbonyl (C=O) groups is 1. The molecule has 0 saturated heterocycles. The number of benzene rings is 1. The van der Waals surface area contributed by atoms with Gasteiger partial charge in [-0.25, -0.2) is 9.48 Å². The molecule has 0 N–H and O–H groups in total. The molecule has 0 saturated carbocycles. The minimum absolute atomic E-state index is 0.200. The van der Waals surface area contributed by atoms with E-state index < -0.39 is 5.97 Å². The molecule has 2 heterocycles. The van der Waals surface area contributed by atoms with Gasteiger partial charge >= 0.3 is 5.97 Å². The van der Waals surface area contributed by atoms with Gasteiger partial charge in [-0.2, -0.15) is 5.10 Å². The van der Waals surface area contributed by atoms with Crippen LogP contribution < -0.4 is 5.56 Å². The zero-order valence-corrected chi connectivity index (χ0v) is 14.0. The van der Waals surface area contributed by atoms with E-state index in [9.17, 15) is 9.59 Å². The lowest BCUT2D eigenvalue weighted by Crippen LogP contribution is -2.24. The van der Waals surface area contributed by atoms with Gasteiger partial charge in [-0.1, -0.05) is 12.1 Å². The maximum absolute atomic E-state index is 12.3. The molecule has 0 spiro atoms. The predicted molar refractivity (Wildman–Crippen MR) is 93.3 cm³/mol. The number of ether oxygens (including phenoxy) is 1. The number of rotatable bonds is 4. The number of aryl methyl sites for hydroxylation is 1. The monoisotopic (exact) mass is 335 g/mol. The molecule has 0 fully saturated rings. The van der Waals surface area contributed by atoms with Gasteiger partial charge in [0.2, 0.25) is 0 Å². The Morgan fingerprint density at radius 3 is 2.76 bits per heavy atom. The molecule has 2 aromatic heterocycles. The third-order valence-electron chi connectivity index (χ3n) is 3.80. The molecule has 0 radical (unpaired) electrons. The normalized spacial score (nSPS) is 10.5. The highest BCUT2D eigenvalue weighted by Crippen LogP contribution is 2.18. The quantitative estimate of drug-likeness (QED) is 0.685. The van der Waals surface area contributed by atoms with E-state index in [1.807, 2.05) is 25.1 Å². The number of hydrogen-bond acceptors (Lipinski definition) is 5. The van der Waals surface area contributed by atoms with E-state index in [4.69, 9.17) is 4.74 Å². The van der Waals surface area contributed by atoms with E-state index in [1.165, 1.54) is 11.8 Å². The molecule has 0 amide bonds. The van der Waals surface area contributed by atoms with Crippen LogP contribution in [0, 0.1) is 6.92 Å². The Hall–Kier alpha value is -3.28. The van der Waals surface area contributed by atoms with Crippen LogP contribution >= 0.6 is 0 Å². The fraction of sp³-hybridized carbons (Fsp3) is 0.158. The van der Waals surface area contributed by atoms with E-state index in [2.05, 4.69) is 10.1 Å². The van der Waals surface area contributed by atoms with Crippen molar-refractivity contribution in [3.05, 3.63) is 81.9 Å². The highest BCUT2D eigenvalue weighted by Gasteiger charge is 2.10. The van der Waals surface area contributed by atoms with Crippen LogP contribution in [0.15, 0.2) is 59.7 Å². The second-order valence-corrected chi connectivity index (χ2v) is 5.61. The minimum atomic E-state index is -0.415. The Labute approximate surface area is 144 Å². The molecule has 6 nitrogen and oxygen atoms in total. The van der Waals surface area contributed by atoms with Crippen molar-refractivity contribution in [3.63, 3.8) is 0 Å². The number of hydrogen-bond donors (Lipinski definition) is 0. The summed E-state index contributed by atoms with van der Waals surface area (Å²) in [5, 5.41) is 4.48. The topological polar surface area (TPSA) is 74.1 Å². The molecule has 0 aliphatic carbocycles. The highest BCUT2D eigenvalue weighted by molar-refractivity contribution is 5.89. The predicted octanol–water partition coefficient (Wildman–Crippen LogP) is 2.45. The van der Waals surface area contributed by atoms with Crippen molar-refractivity contribution >= 4 is 5.97 Å². The summed E-state index contributed by atoms with van der Waals surface area (Å²) in [5.41, 5.74) is 3.37. The van der Waals surface area contributed by atoms with Crippen LogP contribution in [0.25, 0.3) is 11.3 Å². The second kappa shape index (κ2) is 7.09. The maximum atomic E-state index is 12.3. The Balaban J connectivity index is 1.98. The van der Waals surface area contributed by atoms with Crippen molar-refractivity contribution in [1.29, 1.82) is 0 Å². The Morgan fingerprint density at radius 1 is 1.20 bits per heavy atom. The van der Waals surface area contributed by atoms with E-state index >= 15 is 0 Å². The summed E-state index contributed by atoms with van der Waals surface area (Å²) in [4.78, 5) is 28.1. The fourth-order valence-electron chi connectivity index (χ4n) is 2.57. The SMILES string of the molecule is COC(=O)c1cccc(Cn2nc(-c3cccnc3)c(C)cc2=O)c1. The van der Waals surface area contributed by atoms with Gasteiger partial charge in [0.1, 0.15) is 0 Å². The molecular formula is C19H17N3O3. The zero-order valence-electron chi connectivity index (χ0n) is 14.0. The summed E-state index contributed by atoms with van der Waals surface area (Å²) in [6.45, 7) is 2.11. The van der Waals surface area contributed by atoms with Gasteiger partial charge in [-0.15, -0.1) is 0 Å². The number of esters is 1. The average molecular weight is 335 g/mol. The summed E-state index contributed by atoms with van der Waals surface area (Å²) in [7, 11) is 1.33. The van der Waals surface area contributed by atoms with Crippen LogP contribution in [-0.2, 0) is 11.3 Å². The fourth-order valence-corrected chi connectivity index (χ4v) is 2.57. The van der Waals surface area contributed by atoms with Crippen molar-refractivity contribution in [2.75, 3.05) is 7.11 Å². The first-order chi connectivity index (χ1) is 12.1. The van der Waals surface area contributed by atoms with Crippen LogP contribution in [0.3, 0.4) is 0 Å². The first-order valence-electron chi connectivity index (χ1n) is 7.75. The van der Waals surface area contributed by atoms with Gasteiger partial charge in [0.05, 0.1) is 24.9 Å². The smallest absolute Gasteiger partial charge is 0.337 e. The van der Waals surface area contributed by atoms with Crippen LogP contribution in [0.4, 0.5) is 0 Å². The summed E-state index contributed by atoms with van der Waals surface area (Å²) in [6, 6.07) is 12.2. The molecular weight excluding hydrogens is 318 g/mol. The largest absolute Gasteiger partial charge is 0.465 e. The molecule has 0 aliphatic rings. The van der Waals surface area contributed by atoms with E-state index in [0.717, 1.165) is 16.7 Å². The average Bonchev–Trinajstić information content (AvgIpc) is 2.64. The second-order valence-electron chi connectivity index (χ2n) is 5.61. The summed E-state index contributed by atoms with van der Waals surface area (Å²) < 4.78 is 6.11. The number of pyridine rings is 1. The Morgan fingerprint density at radius 2 is 2.04 bits per heavy atom. The van der Waals surface area contributed by atoms with Gasteiger partial charge < -0.3 is 4.74 Å². The molecule has 126 valence electrons.